The third kappa shape index (κ3) is 2.51. The molecule has 0 saturated carbocycles. The summed E-state index contributed by atoms with van der Waals surface area (Å²) in [5.74, 6) is 2.05. The lowest BCUT2D eigenvalue weighted by atomic mass is 9.91. The van der Waals surface area contributed by atoms with Crippen LogP contribution in [-0.4, -0.2) is 36.3 Å². The van der Waals surface area contributed by atoms with Crippen LogP contribution in [0.4, 0.5) is 0 Å². The molecule has 2 aliphatic rings. The predicted molar refractivity (Wildman–Crippen MR) is 71.1 cm³/mol. The van der Waals surface area contributed by atoms with Gasteiger partial charge in [0.2, 0.25) is 0 Å². The number of aliphatic hydroxyl groups excluding tert-OH is 1. The van der Waals surface area contributed by atoms with E-state index in [1.165, 1.54) is 4.90 Å². The van der Waals surface area contributed by atoms with Gasteiger partial charge in [0, 0.05) is 23.9 Å². The van der Waals surface area contributed by atoms with Crippen LogP contribution in [0.15, 0.2) is 29.2 Å². The standard InChI is InChI=1S/C14H18O3S/c15-14(10-5-7-16-8-6-10)12-9-18-13-4-2-1-3-11(13)17-12/h1-4,10,12,14-15H,5-9H2. The van der Waals surface area contributed by atoms with Gasteiger partial charge in [-0.3, -0.25) is 0 Å². The van der Waals surface area contributed by atoms with E-state index in [9.17, 15) is 5.11 Å². The molecule has 0 bridgehead atoms. The van der Waals surface area contributed by atoms with E-state index in [1.807, 2.05) is 18.2 Å². The summed E-state index contributed by atoms with van der Waals surface area (Å²) in [4.78, 5) is 1.17. The van der Waals surface area contributed by atoms with Crippen molar-refractivity contribution in [1.29, 1.82) is 0 Å². The Kier molecular flexibility index (Phi) is 3.77. The van der Waals surface area contributed by atoms with Gasteiger partial charge in [-0.15, -0.1) is 11.8 Å². The van der Waals surface area contributed by atoms with Crippen molar-refractivity contribution in [2.45, 2.75) is 29.9 Å². The minimum absolute atomic E-state index is 0.0898. The van der Waals surface area contributed by atoms with Gasteiger partial charge in [-0.2, -0.15) is 0 Å². The highest BCUT2D eigenvalue weighted by molar-refractivity contribution is 7.99. The number of benzene rings is 1. The third-order valence-corrected chi connectivity index (χ3v) is 4.80. The Hall–Kier alpha value is -0.710. The molecule has 3 rings (SSSR count). The van der Waals surface area contributed by atoms with Gasteiger partial charge in [0.05, 0.1) is 6.10 Å². The van der Waals surface area contributed by atoms with Crippen molar-refractivity contribution in [3.8, 4) is 5.75 Å². The Morgan fingerprint density at radius 2 is 2.00 bits per heavy atom. The number of ether oxygens (including phenoxy) is 2. The monoisotopic (exact) mass is 266 g/mol. The van der Waals surface area contributed by atoms with E-state index >= 15 is 0 Å². The summed E-state index contributed by atoms with van der Waals surface area (Å²) in [7, 11) is 0. The normalized spacial score (nSPS) is 26.2. The summed E-state index contributed by atoms with van der Waals surface area (Å²) < 4.78 is 11.3. The zero-order valence-corrected chi connectivity index (χ0v) is 11.1. The molecule has 0 radical (unpaired) electrons. The highest BCUT2D eigenvalue weighted by Crippen LogP contribution is 2.37. The fourth-order valence-electron chi connectivity index (χ4n) is 2.56. The Bertz CT molecular complexity index is 404. The van der Waals surface area contributed by atoms with Crippen LogP contribution in [0.5, 0.6) is 5.75 Å². The van der Waals surface area contributed by atoms with E-state index in [4.69, 9.17) is 9.47 Å². The number of hydrogen-bond donors (Lipinski definition) is 1. The fourth-order valence-corrected chi connectivity index (χ4v) is 3.61. The molecule has 1 aromatic carbocycles. The van der Waals surface area contributed by atoms with Crippen molar-refractivity contribution in [3.63, 3.8) is 0 Å². The molecule has 1 aromatic rings. The summed E-state index contributed by atoms with van der Waals surface area (Å²) >= 11 is 1.77. The van der Waals surface area contributed by atoms with Crippen LogP contribution in [-0.2, 0) is 4.74 Å². The van der Waals surface area contributed by atoms with Gasteiger partial charge in [0.25, 0.3) is 0 Å². The second-order valence-corrected chi connectivity index (χ2v) is 5.92. The molecular weight excluding hydrogens is 248 g/mol. The summed E-state index contributed by atoms with van der Waals surface area (Å²) in [6, 6.07) is 8.04. The van der Waals surface area contributed by atoms with Crippen LogP contribution in [0.2, 0.25) is 0 Å². The quantitative estimate of drug-likeness (QED) is 0.891. The topological polar surface area (TPSA) is 38.7 Å². The van der Waals surface area contributed by atoms with Crippen LogP contribution in [0.25, 0.3) is 0 Å². The molecule has 1 fully saturated rings. The largest absolute Gasteiger partial charge is 0.486 e. The molecule has 0 aromatic heterocycles. The molecule has 3 nitrogen and oxygen atoms in total. The highest BCUT2D eigenvalue weighted by atomic mass is 32.2. The zero-order valence-electron chi connectivity index (χ0n) is 10.2. The smallest absolute Gasteiger partial charge is 0.134 e. The lowest BCUT2D eigenvalue weighted by molar-refractivity contribution is -0.0380. The van der Waals surface area contributed by atoms with Crippen LogP contribution >= 0.6 is 11.8 Å². The maximum atomic E-state index is 10.4. The summed E-state index contributed by atoms with van der Waals surface area (Å²) in [6.45, 7) is 1.52. The Balaban J connectivity index is 1.67. The van der Waals surface area contributed by atoms with Crippen molar-refractivity contribution in [2.75, 3.05) is 19.0 Å². The van der Waals surface area contributed by atoms with Gasteiger partial charge in [-0.1, -0.05) is 12.1 Å². The summed E-state index contributed by atoms with van der Waals surface area (Å²) in [6.07, 6.45) is 1.41. The molecule has 98 valence electrons. The minimum Gasteiger partial charge on any atom is -0.486 e. The average molecular weight is 266 g/mol. The molecule has 4 heteroatoms. The molecule has 2 unspecified atom stereocenters. The zero-order chi connectivity index (χ0) is 12.4. The van der Waals surface area contributed by atoms with Crippen molar-refractivity contribution in [3.05, 3.63) is 24.3 Å². The summed E-state index contributed by atoms with van der Waals surface area (Å²) in [5.41, 5.74) is 0. The average Bonchev–Trinajstić information content (AvgIpc) is 2.47. The van der Waals surface area contributed by atoms with E-state index < -0.39 is 0 Å². The first-order valence-corrected chi connectivity index (χ1v) is 7.47. The third-order valence-electron chi connectivity index (χ3n) is 3.66. The van der Waals surface area contributed by atoms with E-state index in [1.54, 1.807) is 11.8 Å². The Labute approximate surface area is 111 Å². The number of aliphatic hydroxyl groups is 1. The van der Waals surface area contributed by atoms with Crippen LogP contribution in [0, 0.1) is 5.92 Å². The van der Waals surface area contributed by atoms with Gasteiger partial charge in [-0.25, -0.2) is 0 Å². The number of para-hydroxylation sites is 1. The van der Waals surface area contributed by atoms with Crippen LogP contribution in [0.1, 0.15) is 12.8 Å². The van der Waals surface area contributed by atoms with Crippen molar-refractivity contribution < 1.29 is 14.6 Å². The molecule has 0 aliphatic carbocycles. The van der Waals surface area contributed by atoms with Gasteiger partial charge < -0.3 is 14.6 Å². The second kappa shape index (κ2) is 5.51. The van der Waals surface area contributed by atoms with E-state index in [-0.39, 0.29) is 12.2 Å². The molecule has 2 atom stereocenters. The number of rotatable bonds is 2. The van der Waals surface area contributed by atoms with Gasteiger partial charge in [-0.05, 0) is 30.9 Å². The first kappa shape index (κ1) is 12.3. The maximum absolute atomic E-state index is 10.4. The summed E-state index contributed by atoms with van der Waals surface area (Å²) in [5, 5.41) is 10.4. The first-order valence-electron chi connectivity index (χ1n) is 6.49. The van der Waals surface area contributed by atoms with Gasteiger partial charge in [0.1, 0.15) is 11.9 Å². The maximum Gasteiger partial charge on any atom is 0.134 e. The van der Waals surface area contributed by atoms with E-state index in [2.05, 4.69) is 6.07 Å². The SMILES string of the molecule is OC(C1CCOCC1)C1CSc2ccccc2O1. The molecule has 2 heterocycles. The molecule has 0 amide bonds. The Morgan fingerprint density at radius 3 is 2.83 bits per heavy atom. The van der Waals surface area contributed by atoms with Crippen molar-refractivity contribution in [2.24, 2.45) is 5.92 Å². The lowest BCUT2D eigenvalue weighted by Crippen LogP contribution is -2.42. The highest BCUT2D eigenvalue weighted by Gasteiger charge is 2.33. The van der Waals surface area contributed by atoms with Crippen LogP contribution in [0.3, 0.4) is 0 Å². The lowest BCUT2D eigenvalue weighted by Gasteiger charge is -2.34. The molecule has 0 spiro atoms. The second-order valence-electron chi connectivity index (χ2n) is 4.85. The van der Waals surface area contributed by atoms with Gasteiger partial charge >= 0.3 is 0 Å². The number of hydrogen-bond acceptors (Lipinski definition) is 4. The minimum atomic E-state index is -0.380. The molecule has 1 N–H and O–H groups in total. The molecule has 2 aliphatic heterocycles. The molecule has 1 saturated heterocycles. The predicted octanol–water partition coefficient (Wildman–Crippen LogP) is 2.33. The van der Waals surface area contributed by atoms with Gasteiger partial charge in [0.15, 0.2) is 0 Å². The Morgan fingerprint density at radius 1 is 1.22 bits per heavy atom. The fraction of sp³-hybridized carbons (Fsp3) is 0.571. The van der Waals surface area contributed by atoms with E-state index in [0.717, 1.165) is 37.6 Å². The number of fused-ring (bicyclic) bond motifs is 1. The van der Waals surface area contributed by atoms with Crippen molar-refractivity contribution >= 4 is 11.8 Å². The van der Waals surface area contributed by atoms with Crippen molar-refractivity contribution in [1.82, 2.24) is 0 Å². The molecule has 18 heavy (non-hydrogen) atoms. The van der Waals surface area contributed by atoms with Crippen LogP contribution < -0.4 is 4.74 Å². The van der Waals surface area contributed by atoms with E-state index in [0.29, 0.717) is 5.92 Å². The first-order chi connectivity index (χ1) is 8.84. The molecular formula is C14H18O3S. The number of thioether (sulfide) groups is 1.